The molecule has 5 aromatic rings. The molecule has 2 aliphatic carbocycles. The summed E-state index contributed by atoms with van der Waals surface area (Å²) in [6.45, 7) is 1.99. The normalized spacial score (nSPS) is 17.5. The van der Waals surface area contributed by atoms with E-state index in [1.54, 1.807) is 19.2 Å². The summed E-state index contributed by atoms with van der Waals surface area (Å²) in [5.74, 6) is -2.84. The number of nitrogens with two attached hydrogens (primary N) is 1. The van der Waals surface area contributed by atoms with Gasteiger partial charge in [0.15, 0.2) is 5.82 Å². The second kappa shape index (κ2) is 14.2. The van der Waals surface area contributed by atoms with Gasteiger partial charge >= 0.3 is 6.03 Å². The molecule has 11 nitrogen and oxygen atoms in total. The van der Waals surface area contributed by atoms with Crippen LogP contribution < -0.4 is 16.4 Å². The Balaban J connectivity index is 1.38. The molecule has 3 aromatic heterocycles. The monoisotopic (exact) mass is 798 g/mol. The highest BCUT2D eigenvalue weighted by atomic mass is 35.5. The molecule has 0 bridgehead atoms. The quantitative estimate of drug-likeness (QED) is 0.0930. The van der Waals surface area contributed by atoms with Crippen LogP contribution in [0.25, 0.3) is 22.0 Å². The minimum atomic E-state index is -3.51. The summed E-state index contributed by atoms with van der Waals surface area (Å²) in [5, 5.41) is 24.1. The molecule has 7 rings (SSSR count). The number of nitrogens with one attached hydrogen (secondary N) is 2. The number of aliphatic hydroxyl groups is 1. The van der Waals surface area contributed by atoms with Crippen molar-refractivity contribution < 1.29 is 41.0 Å². The summed E-state index contributed by atoms with van der Waals surface area (Å²) >= 11 is 6.58. The van der Waals surface area contributed by atoms with Crippen LogP contribution in [-0.2, 0) is 30.7 Å². The minimum absolute atomic E-state index is 0.0317. The average Bonchev–Trinajstić information content (AvgIpc) is 3.64. The molecule has 0 aliphatic heterocycles. The Bertz CT molecular complexity index is 2460. The van der Waals surface area contributed by atoms with E-state index >= 15 is 8.78 Å². The number of benzene rings is 2. The summed E-state index contributed by atoms with van der Waals surface area (Å²) in [5.41, 5.74) is 3.44. The molecule has 3 heterocycles. The molecule has 1 fully saturated rings. The fourth-order valence-corrected chi connectivity index (χ4v) is 7.80. The van der Waals surface area contributed by atoms with Crippen LogP contribution in [0.5, 0.6) is 0 Å². The maximum Gasteiger partial charge on any atom is 0.317 e. The molecule has 3 unspecified atom stereocenters. The fraction of sp³-hybridized carbons (Fsp3) is 0.342. The Morgan fingerprint density at radius 3 is 2.39 bits per heavy atom. The Morgan fingerprint density at radius 2 is 1.77 bits per heavy atom. The second-order valence-electron chi connectivity index (χ2n) is 14.3. The first-order chi connectivity index (χ1) is 26.3. The summed E-state index contributed by atoms with van der Waals surface area (Å²) in [6.07, 6.45) is -3.07. The van der Waals surface area contributed by atoms with Gasteiger partial charge in [0.25, 0.3) is 12.3 Å². The standard InChI is InChI=1S/C38H33ClF6N8O3/c1-37(2,56)11-10-20-4-5-21(22-7-9-25(39)29-32(22)52(3)51-35(29)49-36(46)55)30(47-20)26(14-17-12-18(40)15-19(41)13-17)48-27(54)16-53-33-28(31(50-53)34(42)43)23-6-8-24(23)38(33,44)45/h4-5,7,9,12-13,15,23-24,26,34,56H,6,8,14,16H2,1-3H3,(H,48,54)(H3,46,49,51,55). The van der Waals surface area contributed by atoms with Gasteiger partial charge in [-0.2, -0.15) is 19.0 Å². The zero-order chi connectivity index (χ0) is 40.4. The molecule has 56 heavy (non-hydrogen) atoms. The van der Waals surface area contributed by atoms with Gasteiger partial charge in [0, 0.05) is 35.7 Å². The number of fused-ring (bicyclic) bond motifs is 4. The molecule has 0 saturated heterocycles. The topological polar surface area (TPSA) is 153 Å². The lowest BCUT2D eigenvalue weighted by atomic mass is 9.73. The van der Waals surface area contributed by atoms with Crippen molar-refractivity contribution in [3.8, 4) is 23.0 Å². The third-order valence-corrected chi connectivity index (χ3v) is 10.2. The van der Waals surface area contributed by atoms with Crippen LogP contribution in [0.1, 0.15) is 79.0 Å². The zero-order valence-electron chi connectivity index (χ0n) is 29.9. The largest absolute Gasteiger partial charge is 0.378 e. The van der Waals surface area contributed by atoms with Crippen LogP contribution in [0.2, 0.25) is 5.02 Å². The van der Waals surface area contributed by atoms with E-state index in [0.29, 0.717) is 27.4 Å². The third kappa shape index (κ3) is 7.14. The number of urea groups is 1. The van der Waals surface area contributed by atoms with E-state index in [-0.39, 0.29) is 58.0 Å². The predicted octanol–water partition coefficient (Wildman–Crippen LogP) is 7.01. The van der Waals surface area contributed by atoms with Crippen LogP contribution in [-0.4, -0.2) is 47.2 Å². The van der Waals surface area contributed by atoms with Gasteiger partial charge in [-0.1, -0.05) is 23.6 Å². The number of anilines is 1. The molecular weight excluding hydrogens is 766 g/mol. The van der Waals surface area contributed by atoms with Crippen molar-refractivity contribution in [3.05, 3.63) is 93.0 Å². The molecule has 0 radical (unpaired) electrons. The summed E-state index contributed by atoms with van der Waals surface area (Å²) in [7, 11) is 1.57. The van der Waals surface area contributed by atoms with E-state index in [4.69, 9.17) is 22.3 Å². The van der Waals surface area contributed by atoms with Crippen molar-refractivity contribution in [2.45, 2.75) is 69.6 Å². The van der Waals surface area contributed by atoms with Gasteiger partial charge in [-0.25, -0.2) is 27.3 Å². The SMILES string of the molecule is Cn1nc(NC(N)=O)c2c(Cl)ccc(-c3ccc(C#CC(C)(C)O)nc3C(Cc3cc(F)cc(F)c3)NC(=O)Cn3nc(C(F)F)c4c3C(F)(F)C3CCC43)c21. The van der Waals surface area contributed by atoms with Gasteiger partial charge < -0.3 is 16.2 Å². The number of amides is 3. The van der Waals surface area contributed by atoms with Gasteiger partial charge in [0.2, 0.25) is 5.91 Å². The number of aromatic nitrogens is 5. The predicted molar refractivity (Wildman–Crippen MR) is 193 cm³/mol. The van der Waals surface area contributed by atoms with E-state index in [2.05, 4.69) is 32.7 Å². The summed E-state index contributed by atoms with van der Waals surface area (Å²) in [6, 6.07) is 6.76. The Labute approximate surface area is 320 Å². The number of nitrogens with zero attached hydrogens (tertiary/aromatic N) is 5. The van der Waals surface area contributed by atoms with Crippen LogP contribution in [0.15, 0.2) is 42.5 Å². The maximum absolute atomic E-state index is 15.6. The van der Waals surface area contributed by atoms with Crippen molar-refractivity contribution in [1.82, 2.24) is 29.9 Å². The van der Waals surface area contributed by atoms with Crippen LogP contribution >= 0.6 is 11.6 Å². The highest BCUT2D eigenvalue weighted by Crippen LogP contribution is 2.63. The number of rotatable bonds is 9. The highest BCUT2D eigenvalue weighted by Gasteiger charge is 2.62. The molecule has 292 valence electrons. The number of carbonyl (C=O) groups is 2. The smallest absolute Gasteiger partial charge is 0.317 e. The number of hydrogen-bond acceptors (Lipinski definition) is 6. The van der Waals surface area contributed by atoms with E-state index in [1.807, 2.05) is 0 Å². The Hall–Kier alpha value is -5.60. The molecule has 5 N–H and O–H groups in total. The number of carbonyl (C=O) groups excluding carboxylic acids is 2. The van der Waals surface area contributed by atoms with Crippen molar-refractivity contribution in [1.29, 1.82) is 0 Å². The van der Waals surface area contributed by atoms with E-state index in [0.717, 1.165) is 12.1 Å². The van der Waals surface area contributed by atoms with E-state index in [1.165, 1.54) is 30.7 Å². The average molecular weight is 799 g/mol. The number of primary amides is 1. The lowest BCUT2D eigenvalue weighted by molar-refractivity contribution is -0.123. The first-order valence-corrected chi connectivity index (χ1v) is 17.7. The fourth-order valence-electron chi connectivity index (χ4n) is 7.55. The molecule has 2 aliphatic rings. The Morgan fingerprint density at radius 1 is 1.07 bits per heavy atom. The van der Waals surface area contributed by atoms with Gasteiger partial charge in [-0.15, -0.1) is 0 Å². The first kappa shape index (κ1) is 38.7. The van der Waals surface area contributed by atoms with Crippen LogP contribution in [0.3, 0.4) is 0 Å². The second-order valence-corrected chi connectivity index (χ2v) is 14.7. The minimum Gasteiger partial charge on any atom is -0.378 e. The zero-order valence-corrected chi connectivity index (χ0v) is 30.7. The highest BCUT2D eigenvalue weighted by molar-refractivity contribution is 6.37. The summed E-state index contributed by atoms with van der Waals surface area (Å²) in [4.78, 5) is 30.5. The Kier molecular flexibility index (Phi) is 9.78. The van der Waals surface area contributed by atoms with Crippen molar-refractivity contribution in [3.63, 3.8) is 0 Å². The lowest BCUT2D eigenvalue weighted by Gasteiger charge is -2.34. The van der Waals surface area contributed by atoms with Crippen molar-refractivity contribution >= 4 is 40.3 Å². The maximum atomic E-state index is 15.6. The number of pyridine rings is 1. The first-order valence-electron chi connectivity index (χ1n) is 17.3. The molecule has 3 amide bonds. The van der Waals surface area contributed by atoms with Crippen molar-refractivity contribution in [2.75, 3.05) is 5.32 Å². The molecule has 0 spiro atoms. The molecule has 2 aromatic carbocycles. The van der Waals surface area contributed by atoms with Crippen molar-refractivity contribution in [2.24, 2.45) is 18.7 Å². The molecule has 1 saturated carbocycles. The lowest BCUT2D eigenvalue weighted by Crippen LogP contribution is -2.36. The molecule has 18 heteroatoms. The number of aryl methyl sites for hydroxylation is 1. The number of alkyl halides is 4. The van der Waals surface area contributed by atoms with Crippen LogP contribution in [0, 0.1) is 29.4 Å². The third-order valence-electron chi connectivity index (χ3n) is 9.86. The van der Waals surface area contributed by atoms with Gasteiger partial charge in [-0.05, 0) is 80.8 Å². The molecular formula is C38H33ClF6N8O3. The number of hydrogen-bond donors (Lipinski definition) is 4. The number of halogens is 7. The van der Waals surface area contributed by atoms with Gasteiger partial charge in [0.05, 0.1) is 27.7 Å². The summed E-state index contributed by atoms with van der Waals surface area (Å²) < 4.78 is 90.6. The molecule has 3 atom stereocenters. The van der Waals surface area contributed by atoms with Gasteiger partial charge in [-0.3, -0.25) is 19.5 Å². The van der Waals surface area contributed by atoms with E-state index in [9.17, 15) is 32.3 Å². The van der Waals surface area contributed by atoms with Crippen LogP contribution in [0.4, 0.5) is 37.0 Å². The van der Waals surface area contributed by atoms with E-state index < -0.39 is 77.3 Å². The van der Waals surface area contributed by atoms with Gasteiger partial charge in [0.1, 0.15) is 40.9 Å².